The van der Waals surface area contributed by atoms with E-state index in [4.69, 9.17) is 10.5 Å². The number of hydrogen-bond donors (Lipinski definition) is 2. The van der Waals surface area contributed by atoms with Gasteiger partial charge in [-0.15, -0.1) is 0 Å². The van der Waals surface area contributed by atoms with Crippen molar-refractivity contribution in [1.29, 1.82) is 0 Å². The molecule has 1 fully saturated rings. The lowest BCUT2D eigenvalue weighted by Gasteiger charge is -2.28. The Balaban J connectivity index is 0.000000442. The van der Waals surface area contributed by atoms with Gasteiger partial charge in [-0.25, -0.2) is 18.0 Å². The molecule has 0 spiro atoms. The number of rotatable bonds is 6. The molecule has 0 aromatic heterocycles. The molecule has 2 aliphatic rings. The van der Waals surface area contributed by atoms with Gasteiger partial charge in [-0.2, -0.15) is 0 Å². The Morgan fingerprint density at radius 3 is 2.48 bits per heavy atom. The van der Waals surface area contributed by atoms with Gasteiger partial charge in [-0.05, 0) is 71.1 Å². The van der Waals surface area contributed by atoms with E-state index in [9.17, 15) is 18.0 Å². The van der Waals surface area contributed by atoms with Crippen molar-refractivity contribution in [2.45, 2.75) is 65.0 Å². The van der Waals surface area contributed by atoms with Gasteiger partial charge in [0, 0.05) is 11.6 Å². The summed E-state index contributed by atoms with van der Waals surface area (Å²) in [5.74, 6) is -1.34. The third-order valence-electron chi connectivity index (χ3n) is 4.88. The lowest BCUT2D eigenvalue weighted by molar-refractivity contribution is 0.0360. The average Bonchev–Trinajstić information content (AvgIpc) is 2.91. The minimum absolute atomic E-state index is 0.0570. The molecule has 0 aromatic carbocycles. The molecule has 0 saturated heterocycles. The summed E-state index contributed by atoms with van der Waals surface area (Å²) in [5, 5.41) is 2.66. The first-order chi connectivity index (χ1) is 14.7. The zero-order valence-electron chi connectivity index (χ0n) is 18.5. The van der Waals surface area contributed by atoms with Crippen LogP contribution in [0.25, 0.3) is 0 Å². The first-order valence-electron chi connectivity index (χ1n) is 10.4. The second-order valence-corrected chi connectivity index (χ2v) is 7.45. The number of nitrogens with one attached hydrogen (secondary N) is 1. The van der Waals surface area contributed by atoms with E-state index in [1.54, 1.807) is 25.2 Å². The highest BCUT2D eigenvalue weighted by Crippen LogP contribution is 2.24. The van der Waals surface area contributed by atoms with Gasteiger partial charge in [0.1, 0.15) is 17.5 Å². The van der Waals surface area contributed by atoms with E-state index in [2.05, 4.69) is 5.32 Å². The van der Waals surface area contributed by atoms with Gasteiger partial charge in [-0.3, -0.25) is 0 Å². The number of nitrogens with two attached hydrogens (primary N) is 1. The van der Waals surface area contributed by atoms with Crippen LogP contribution >= 0.6 is 0 Å². The van der Waals surface area contributed by atoms with E-state index < -0.39 is 17.7 Å². The van der Waals surface area contributed by atoms with Crippen LogP contribution in [-0.4, -0.2) is 24.8 Å². The van der Waals surface area contributed by atoms with E-state index in [-0.39, 0.29) is 30.2 Å². The molecule has 0 atom stereocenters. The van der Waals surface area contributed by atoms with Crippen LogP contribution in [0.5, 0.6) is 0 Å². The highest BCUT2D eigenvalue weighted by Gasteiger charge is 2.23. The molecule has 7 heteroatoms. The van der Waals surface area contributed by atoms with E-state index in [0.717, 1.165) is 31.3 Å². The summed E-state index contributed by atoms with van der Waals surface area (Å²) in [7, 11) is 0. The minimum atomic E-state index is -0.623. The number of halogens is 3. The van der Waals surface area contributed by atoms with Gasteiger partial charge in [-0.1, -0.05) is 29.9 Å². The van der Waals surface area contributed by atoms with Crippen molar-refractivity contribution < 1.29 is 22.7 Å². The normalized spacial score (nSPS) is 22.6. The maximum atomic E-state index is 13.8. The summed E-state index contributed by atoms with van der Waals surface area (Å²) in [4.78, 5) is 10.8. The van der Waals surface area contributed by atoms with Crippen molar-refractivity contribution in [3.05, 3.63) is 71.2 Å². The molecule has 2 aliphatic carbocycles. The van der Waals surface area contributed by atoms with Crippen LogP contribution in [-0.2, 0) is 4.74 Å². The van der Waals surface area contributed by atoms with Gasteiger partial charge in [0.15, 0.2) is 0 Å². The Labute approximate surface area is 183 Å². The van der Waals surface area contributed by atoms with Gasteiger partial charge in [0.2, 0.25) is 0 Å². The first kappa shape index (κ1) is 26.5. The fourth-order valence-electron chi connectivity index (χ4n) is 3.09. The van der Waals surface area contributed by atoms with Crippen molar-refractivity contribution in [2.75, 3.05) is 6.61 Å². The molecular formula is C24H33F3N2O2. The lowest BCUT2D eigenvalue weighted by Crippen LogP contribution is -2.41. The zero-order valence-corrected chi connectivity index (χ0v) is 18.5. The molecular weight excluding hydrogens is 405 g/mol. The molecule has 0 radical (unpaired) electrons. The molecule has 0 bridgehead atoms. The molecule has 0 heterocycles. The average molecular weight is 439 g/mol. The van der Waals surface area contributed by atoms with Gasteiger partial charge < -0.3 is 15.8 Å². The molecule has 172 valence electrons. The zero-order chi connectivity index (χ0) is 23.2. The maximum absolute atomic E-state index is 13.8. The maximum Gasteiger partial charge on any atom is 0.312 e. The minimum Gasteiger partial charge on any atom is -0.373 e. The van der Waals surface area contributed by atoms with Crippen LogP contribution < -0.4 is 11.1 Å². The van der Waals surface area contributed by atoms with Crippen molar-refractivity contribution >= 4 is 6.03 Å². The second kappa shape index (κ2) is 14.5. The SMILES string of the molecule is CC1=CCC=C(F)C=C1.C\C=C/C=C(F)\C(COC1CCC(NC(N)=O)CC1)=C(/C)F. The fourth-order valence-corrected chi connectivity index (χ4v) is 3.09. The number of amides is 2. The van der Waals surface area contributed by atoms with Crippen LogP contribution in [0.1, 0.15) is 52.9 Å². The van der Waals surface area contributed by atoms with Crippen LogP contribution in [0.3, 0.4) is 0 Å². The third kappa shape index (κ3) is 11.4. The van der Waals surface area contributed by atoms with E-state index >= 15 is 0 Å². The van der Waals surface area contributed by atoms with E-state index in [0.29, 0.717) is 6.42 Å². The smallest absolute Gasteiger partial charge is 0.312 e. The molecule has 3 N–H and O–H groups in total. The fraction of sp³-hybridized carbons (Fsp3) is 0.458. The van der Waals surface area contributed by atoms with E-state index in [1.165, 1.54) is 25.2 Å². The Hall–Kier alpha value is -2.54. The van der Waals surface area contributed by atoms with Gasteiger partial charge in [0.25, 0.3) is 0 Å². The third-order valence-corrected chi connectivity index (χ3v) is 4.88. The predicted octanol–water partition coefficient (Wildman–Crippen LogP) is 6.40. The topological polar surface area (TPSA) is 64.3 Å². The number of allylic oxidation sites excluding steroid dienone is 10. The van der Waals surface area contributed by atoms with Gasteiger partial charge in [0.05, 0.1) is 12.7 Å². The number of primary amides is 1. The predicted molar refractivity (Wildman–Crippen MR) is 119 cm³/mol. The summed E-state index contributed by atoms with van der Waals surface area (Å²) >= 11 is 0. The van der Waals surface area contributed by atoms with Crippen LogP contribution in [0, 0.1) is 0 Å². The highest BCUT2D eigenvalue weighted by atomic mass is 19.1. The van der Waals surface area contributed by atoms with Crippen LogP contribution in [0.4, 0.5) is 18.0 Å². The first-order valence-corrected chi connectivity index (χ1v) is 10.4. The van der Waals surface area contributed by atoms with Crippen molar-refractivity contribution in [1.82, 2.24) is 5.32 Å². The number of urea groups is 1. The molecule has 2 amide bonds. The summed E-state index contributed by atoms with van der Waals surface area (Å²) in [6.45, 7) is 4.84. The summed E-state index contributed by atoms with van der Waals surface area (Å²) < 4.78 is 45.2. The Kier molecular flexibility index (Phi) is 12.4. The number of ether oxygens (including phenoxy) is 1. The summed E-state index contributed by atoms with van der Waals surface area (Å²) in [5.41, 5.74) is 6.14. The Bertz CT molecular complexity index is 748. The summed E-state index contributed by atoms with van der Waals surface area (Å²) in [6.07, 6.45) is 14.8. The number of carbonyl (C=O) groups excluding carboxylic acids is 1. The van der Waals surface area contributed by atoms with Crippen LogP contribution in [0.15, 0.2) is 71.2 Å². The quantitative estimate of drug-likeness (QED) is 0.471. The van der Waals surface area contributed by atoms with Crippen LogP contribution in [0.2, 0.25) is 0 Å². The highest BCUT2D eigenvalue weighted by molar-refractivity contribution is 5.71. The lowest BCUT2D eigenvalue weighted by atomic mass is 9.93. The van der Waals surface area contributed by atoms with E-state index in [1.807, 2.05) is 13.0 Å². The summed E-state index contributed by atoms with van der Waals surface area (Å²) in [6, 6.07) is -0.472. The molecule has 4 nitrogen and oxygen atoms in total. The largest absolute Gasteiger partial charge is 0.373 e. The second-order valence-electron chi connectivity index (χ2n) is 7.45. The molecule has 0 unspecified atom stereocenters. The molecule has 2 rings (SSSR count). The molecule has 1 saturated carbocycles. The number of carbonyl (C=O) groups is 1. The Morgan fingerprint density at radius 2 is 1.90 bits per heavy atom. The van der Waals surface area contributed by atoms with Crippen molar-refractivity contribution in [3.63, 3.8) is 0 Å². The monoisotopic (exact) mass is 438 g/mol. The standard InChI is InChI=1S/C16H24F2N2O2.C8H9F/c1-3-4-5-15(18)14(11(2)17)10-22-13-8-6-12(7-9-13)20-16(19)21;1-7-3-2-4-8(9)6-5-7/h3-5,12-13H,6-10H2,1-2H3,(H3,19,20,21);3-6H,2H2,1H3/b4-3-,14-11+,15-5+;. The molecule has 0 aliphatic heterocycles. The number of hydrogen-bond acceptors (Lipinski definition) is 2. The molecule has 31 heavy (non-hydrogen) atoms. The van der Waals surface area contributed by atoms with Gasteiger partial charge >= 0.3 is 6.03 Å². The molecule has 0 aromatic rings. The Morgan fingerprint density at radius 1 is 1.23 bits per heavy atom. The van der Waals surface area contributed by atoms with Crippen molar-refractivity contribution in [3.8, 4) is 0 Å². The van der Waals surface area contributed by atoms with Crippen molar-refractivity contribution in [2.24, 2.45) is 5.73 Å².